The molecule has 0 aromatic carbocycles. The van der Waals surface area contributed by atoms with Crippen LogP contribution in [0.2, 0.25) is 5.02 Å². The van der Waals surface area contributed by atoms with Crippen LogP contribution in [0.25, 0.3) is 0 Å². The molecule has 0 atom stereocenters. The maximum Gasteiger partial charge on any atom is 0.271 e. The van der Waals surface area contributed by atoms with Gasteiger partial charge in [0.05, 0.1) is 0 Å². The topological polar surface area (TPSA) is 52.2 Å². The van der Waals surface area contributed by atoms with E-state index in [0.717, 1.165) is 19.6 Å². The van der Waals surface area contributed by atoms with E-state index in [1.54, 1.807) is 6.92 Å². The van der Waals surface area contributed by atoms with Crippen LogP contribution in [0.1, 0.15) is 18.7 Å². The highest BCUT2D eigenvalue weighted by Gasteiger charge is 2.20. The molecule has 0 saturated carbocycles. The third-order valence-corrected chi connectivity index (χ3v) is 4.04. The van der Waals surface area contributed by atoms with Crippen LogP contribution in [-0.4, -0.2) is 48.6 Å². The minimum Gasteiger partial charge on any atom is -0.358 e. The Kier molecular flexibility index (Phi) is 4.47. The lowest BCUT2D eigenvalue weighted by molar-refractivity contribution is 0.222. The van der Waals surface area contributed by atoms with E-state index in [1.807, 2.05) is 11.9 Å². The molecule has 1 aromatic rings. The lowest BCUT2D eigenvalue weighted by Gasteiger charge is -2.32. The summed E-state index contributed by atoms with van der Waals surface area (Å²) in [6.07, 6.45) is 2.36. The van der Waals surface area contributed by atoms with Gasteiger partial charge in [0.15, 0.2) is 5.82 Å². The van der Waals surface area contributed by atoms with Gasteiger partial charge in [0.2, 0.25) is 0 Å². The summed E-state index contributed by atoms with van der Waals surface area (Å²) in [6.45, 7) is 4.93. The van der Waals surface area contributed by atoms with Crippen LogP contribution in [0.3, 0.4) is 0 Å². The Labute approximate surface area is 118 Å². The number of aryl methyl sites for hydroxylation is 1. The molecule has 5 nitrogen and oxygen atoms in total. The van der Waals surface area contributed by atoms with Crippen LogP contribution < -0.4 is 10.5 Å². The van der Waals surface area contributed by atoms with E-state index < -0.39 is 0 Å². The number of hydrogen-bond donors (Lipinski definition) is 1. The molecule has 1 fully saturated rings. The lowest BCUT2D eigenvalue weighted by atomic mass is 9.97. The SMILES string of the molecule is Cc1nc(N(C)CC2CCN(C)CC2)c(Cl)c(=O)[nH]1. The zero-order valence-corrected chi connectivity index (χ0v) is 12.5. The predicted molar refractivity (Wildman–Crippen MR) is 78.1 cm³/mol. The van der Waals surface area contributed by atoms with E-state index in [-0.39, 0.29) is 10.6 Å². The van der Waals surface area contributed by atoms with Gasteiger partial charge in [0.25, 0.3) is 5.56 Å². The third kappa shape index (κ3) is 3.48. The van der Waals surface area contributed by atoms with Crippen LogP contribution in [0.4, 0.5) is 5.82 Å². The Balaban J connectivity index is 2.08. The molecule has 106 valence electrons. The Bertz CT molecular complexity index is 494. The van der Waals surface area contributed by atoms with Crippen molar-refractivity contribution in [3.63, 3.8) is 0 Å². The number of anilines is 1. The molecule has 0 radical (unpaired) electrons. The van der Waals surface area contributed by atoms with Gasteiger partial charge in [-0.15, -0.1) is 0 Å². The van der Waals surface area contributed by atoms with Crippen molar-refractivity contribution in [3.8, 4) is 0 Å². The van der Waals surface area contributed by atoms with E-state index in [2.05, 4.69) is 21.9 Å². The van der Waals surface area contributed by atoms with E-state index in [4.69, 9.17) is 11.6 Å². The van der Waals surface area contributed by atoms with Crippen molar-refractivity contribution >= 4 is 17.4 Å². The van der Waals surface area contributed by atoms with Crippen molar-refractivity contribution < 1.29 is 0 Å². The maximum absolute atomic E-state index is 11.6. The molecular weight excluding hydrogens is 264 g/mol. The first-order valence-electron chi connectivity index (χ1n) is 6.63. The summed E-state index contributed by atoms with van der Waals surface area (Å²) in [5.74, 6) is 1.82. The number of hydrogen-bond acceptors (Lipinski definition) is 4. The van der Waals surface area contributed by atoms with Gasteiger partial charge in [-0.25, -0.2) is 4.98 Å². The molecule has 0 spiro atoms. The van der Waals surface area contributed by atoms with Gasteiger partial charge in [-0.2, -0.15) is 0 Å². The molecule has 1 N–H and O–H groups in total. The van der Waals surface area contributed by atoms with E-state index in [0.29, 0.717) is 17.6 Å². The Morgan fingerprint density at radius 2 is 2.11 bits per heavy atom. The molecule has 1 aliphatic rings. The fraction of sp³-hybridized carbons (Fsp3) is 0.692. The standard InChI is InChI=1S/C13H21ClN4O/c1-9-15-12(11(14)13(19)16-9)18(3)8-10-4-6-17(2)7-5-10/h10H,4-8H2,1-3H3,(H,15,16,19). The minimum atomic E-state index is -0.264. The summed E-state index contributed by atoms with van der Waals surface area (Å²) < 4.78 is 0. The van der Waals surface area contributed by atoms with Crippen LogP contribution in [0.5, 0.6) is 0 Å². The van der Waals surface area contributed by atoms with Gasteiger partial charge < -0.3 is 14.8 Å². The van der Waals surface area contributed by atoms with Crippen molar-refractivity contribution in [2.24, 2.45) is 5.92 Å². The molecule has 0 unspecified atom stereocenters. The normalized spacial score (nSPS) is 17.7. The third-order valence-electron chi connectivity index (χ3n) is 3.70. The molecule has 0 aliphatic carbocycles. The highest BCUT2D eigenvalue weighted by Crippen LogP contribution is 2.22. The van der Waals surface area contributed by atoms with Gasteiger partial charge in [0.1, 0.15) is 10.8 Å². The average Bonchev–Trinajstić information content (AvgIpc) is 2.36. The van der Waals surface area contributed by atoms with Crippen LogP contribution in [0, 0.1) is 12.8 Å². The fourth-order valence-corrected chi connectivity index (χ4v) is 2.76. The lowest BCUT2D eigenvalue weighted by Crippen LogP contribution is -2.36. The summed E-state index contributed by atoms with van der Waals surface area (Å²) in [7, 11) is 4.10. The first-order valence-corrected chi connectivity index (χ1v) is 7.01. The Hall–Kier alpha value is -1.07. The van der Waals surface area contributed by atoms with Crippen LogP contribution in [0.15, 0.2) is 4.79 Å². The van der Waals surface area contributed by atoms with Crippen molar-refractivity contribution in [1.82, 2.24) is 14.9 Å². The molecule has 19 heavy (non-hydrogen) atoms. The Morgan fingerprint density at radius 3 is 2.74 bits per heavy atom. The van der Waals surface area contributed by atoms with Crippen molar-refractivity contribution in [2.45, 2.75) is 19.8 Å². The number of nitrogens with one attached hydrogen (secondary N) is 1. The highest BCUT2D eigenvalue weighted by molar-refractivity contribution is 6.32. The van der Waals surface area contributed by atoms with Crippen molar-refractivity contribution in [3.05, 3.63) is 21.2 Å². The molecule has 1 aliphatic heterocycles. The molecule has 0 bridgehead atoms. The predicted octanol–water partition coefficient (Wildman–Crippen LogP) is 1.51. The van der Waals surface area contributed by atoms with E-state index in [1.165, 1.54) is 12.8 Å². The number of nitrogens with zero attached hydrogens (tertiary/aromatic N) is 3. The molecule has 6 heteroatoms. The number of likely N-dealkylation sites (tertiary alicyclic amines) is 1. The van der Waals surface area contributed by atoms with Gasteiger partial charge in [0, 0.05) is 13.6 Å². The molecule has 2 rings (SSSR count). The summed E-state index contributed by atoms with van der Waals surface area (Å²) in [5.41, 5.74) is -0.264. The monoisotopic (exact) mass is 284 g/mol. The summed E-state index contributed by atoms with van der Waals surface area (Å²) in [6, 6.07) is 0. The second-order valence-electron chi connectivity index (χ2n) is 5.42. The number of halogens is 1. The number of aromatic nitrogens is 2. The molecule has 0 amide bonds. The average molecular weight is 285 g/mol. The maximum atomic E-state index is 11.6. The summed E-state index contributed by atoms with van der Waals surface area (Å²) in [4.78, 5) is 22.9. The molecular formula is C13H21ClN4O. The molecule has 1 saturated heterocycles. The second kappa shape index (κ2) is 5.92. The molecule has 1 aromatic heterocycles. The van der Waals surface area contributed by atoms with Crippen molar-refractivity contribution in [2.75, 3.05) is 38.6 Å². The fourth-order valence-electron chi connectivity index (χ4n) is 2.53. The number of aromatic amines is 1. The van der Waals surface area contributed by atoms with E-state index in [9.17, 15) is 4.79 Å². The van der Waals surface area contributed by atoms with Crippen LogP contribution >= 0.6 is 11.6 Å². The minimum absolute atomic E-state index is 0.182. The first-order chi connectivity index (χ1) is 8.97. The van der Waals surface area contributed by atoms with Gasteiger partial charge in [-0.05, 0) is 45.8 Å². The summed E-state index contributed by atoms with van der Waals surface area (Å²) >= 11 is 6.04. The van der Waals surface area contributed by atoms with Crippen molar-refractivity contribution in [1.29, 1.82) is 0 Å². The van der Waals surface area contributed by atoms with Gasteiger partial charge in [-0.1, -0.05) is 11.6 Å². The summed E-state index contributed by atoms with van der Waals surface area (Å²) in [5, 5.41) is 0.182. The van der Waals surface area contributed by atoms with Gasteiger partial charge in [-0.3, -0.25) is 4.79 Å². The zero-order chi connectivity index (χ0) is 14.0. The zero-order valence-electron chi connectivity index (χ0n) is 11.7. The number of piperidine rings is 1. The highest BCUT2D eigenvalue weighted by atomic mass is 35.5. The largest absolute Gasteiger partial charge is 0.358 e. The van der Waals surface area contributed by atoms with Crippen LogP contribution in [-0.2, 0) is 0 Å². The Morgan fingerprint density at radius 1 is 1.47 bits per heavy atom. The number of H-pyrrole nitrogens is 1. The number of rotatable bonds is 3. The van der Waals surface area contributed by atoms with Gasteiger partial charge >= 0.3 is 0 Å². The molecule has 2 heterocycles. The van der Waals surface area contributed by atoms with E-state index >= 15 is 0 Å². The quantitative estimate of drug-likeness (QED) is 0.914. The first kappa shape index (κ1) is 14.3. The second-order valence-corrected chi connectivity index (χ2v) is 5.79. The smallest absolute Gasteiger partial charge is 0.271 e.